The average molecular weight is 264 g/mol. The number of hydrogen-bond donors (Lipinski definition) is 3. The Hall–Kier alpha value is -0.750. The summed E-state index contributed by atoms with van der Waals surface area (Å²) in [6, 6.07) is -1.36. The summed E-state index contributed by atoms with van der Waals surface area (Å²) in [5.74, 6) is -1.21. The highest BCUT2D eigenvalue weighted by Crippen LogP contribution is 2.30. The van der Waals surface area contributed by atoms with Gasteiger partial charge < -0.3 is 16.2 Å². The minimum absolute atomic E-state index is 0.236. The SMILES string of the molecule is CNC(=O)C(F)C(O)C(N)C(F)C1CCCCC1. The molecular formula is C12H22F2N2O2. The lowest BCUT2D eigenvalue weighted by molar-refractivity contribution is -0.130. The van der Waals surface area contributed by atoms with Crippen molar-refractivity contribution in [2.75, 3.05) is 7.05 Å². The van der Waals surface area contributed by atoms with E-state index in [1.807, 2.05) is 0 Å². The first-order chi connectivity index (χ1) is 8.49. The molecule has 0 heterocycles. The average Bonchev–Trinajstić information content (AvgIpc) is 2.44. The third kappa shape index (κ3) is 3.62. The van der Waals surface area contributed by atoms with Gasteiger partial charge in [0.2, 0.25) is 6.17 Å². The zero-order valence-electron chi connectivity index (χ0n) is 10.6. The number of nitrogens with two attached hydrogens (primary N) is 1. The molecule has 0 spiro atoms. The maximum Gasteiger partial charge on any atom is 0.257 e. The minimum Gasteiger partial charge on any atom is -0.388 e. The summed E-state index contributed by atoms with van der Waals surface area (Å²) in [4.78, 5) is 11.0. The van der Waals surface area contributed by atoms with Gasteiger partial charge in [-0.05, 0) is 18.8 Å². The van der Waals surface area contributed by atoms with Crippen LogP contribution in [-0.4, -0.2) is 42.6 Å². The summed E-state index contributed by atoms with van der Waals surface area (Å²) in [6.45, 7) is 0. The van der Waals surface area contributed by atoms with Crippen LogP contribution in [0.15, 0.2) is 0 Å². The van der Waals surface area contributed by atoms with Crippen LogP contribution in [0.5, 0.6) is 0 Å². The fourth-order valence-electron chi connectivity index (χ4n) is 2.44. The van der Waals surface area contributed by atoms with Crippen molar-refractivity contribution in [2.45, 2.75) is 56.6 Å². The van der Waals surface area contributed by atoms with Crippen molar-refractivity contribution in [1.82, 2.24) is 5.32 Å². The Morgan fingerprint density at radius 3 is 2.39 bits per heavy atom. The predicted molar refractivity (Wildman–Crippen MR) is 64.4 cm³/mol. The Morgan fingerprint density at radius 2 is 1.89 bits per heavy atom. The van der Waals surface area contributed by atoms with Gasteiger partial charge in [-0.1, -0.05) is 19.3 Å². The minimum atomic E-state index is -2.19. The molecule has 0 aromatic carbocycles. The first-order valence-corrected chi connectivity index (χ1v) is 6.42. The molecule has 0 radical (unpaired) electrons. The molecule has 1 amide bonds. The van der Waals surface area contributed by atoms with Crippen molar-refractivity contribution in [3.63, 3.8) is 0 Å². The molecule has 1 aliphatic carbocycles. The zero-order valence-corrected chi connectivity index (χ0v) is 10.6. The molecule has 0 saturated heterocycles. The molecular weight excluding hydrogens is 242 g/mol. The Morgan fingerprint density at radius 1 is 1.33 bits per heavy atom. The number of aliphatic hydroxyl groups is 1. The highest BCUT2D eigenvalue weighted by molar-refractivity contribution is 5.81. The van der Waals surface area contributed by atoms with E-state index in [0.29, 0.717) is 12.8 Å². The van der Waals surface area contributed by atoms with Gasteiger partial charge in [0, 0.05) is 7.05 Å². The number of rotatable bonds is 5. The standard InChI is InChI=1S/C12H22F2N2O2/c1-16-12(18)9(14)11(17)10(15)8(13)7-5-3-2-4-6-7/h7-11,17H,2-6,15H2,1H3,(H,16,18). The Balaban J connectivity index is 2.55. The number of alkyl halides is 2. The topological polar surface area (TPSA) is 75.3 Å². The fourth-order valence-corrected chi connectivity index (χ4v) is 2.44. The van der Waals surface area contributed by atoms with Crippen LogP contribution >= 0.6 is 0 Å². The second kappa shape index (κ2) is 6.99. The van der Waals surface area contributed by atoms with Crippen molar-refractivity contribution >= 4 is 5.91 Å². The molecule has 4 unspecified atom stereocenters. The third-order valence-electron chi connectivity index (χ3n) is 3.66. The Kier molecular flexibility index (Phi) is 5.95. The molecule has 1 saturated carbocycles. The number of carbonyl (C=O) groups excluding carboxylic acids is 1. The maximum absolute atomic E-state index is 14.1. The van der Waals surface area contributed by atoms with Crippen LogP contribution < -0.4 is 11.1 Å². The zero-order chi connectivity index (χ0) is 13.7. The van der Waals surface area contributed by atoms with Crippen molar-refractivity contribution < 1.29 is 18.7 Å². The van der Waals surface area contributed by atoms with Gasteiger partial charge in [-0.25, -0.2) is 8.78 Å². The molecule has 0 bridgehead atoms. The number of aliphatic hydroxyl groups excluding tert-OH is 1. The molecule has 106 valence electrons. The number of hydrogen-bond acceptors (Lipinski definition) is 3. The van der Waals surface area contributed by atoms with Crippen LogP contribution in [0.4, 0.5) is 8.78 Å². The van der Waals surface area contributed by atoms with Gasteiger partial charge in [0.05, 0.1) is 6.04 Å². The predicted octanol–water partition coefficient (Wildman–Crippen LogP) is 0.677. The molecule has 0 aromatic rings. The number of amides is 1. The summed E-state index contributed by atoms with van der Waals surface area (Å²) in [5, 5.41) is 11.7. The van der Waals surface area contributed by atoms with Gasteiger partial charge >= 0.3 is 0 Å². The van der Waals surface area contributed by atoms with E-state index in [9.17, 15) is 18.7 Å². The second-order valence-electron chi connectivity index (χ2n) is 4.93. The van der Waals surface area contributed by atoms with E-state index in [1.54, 1.807) is 0 Å². The number of halogens is 2. The molecule has 1 fully saturated rings. The van der Waals surface area contributed by atoms with Crippen LogP contribution in [-0.2, 0) is 4.79 Å². The van der Waals surface area contributed by atoms with Gasteiger partial charge in [-0.15, -0.1) is 0 Å². The number of nitrogens with one attached hydrogen (secondary N) is 1. The van der Waals surface area contributed by atoms with Gasteiger partial charge in [0.15, 0.2) is 0 Å². The monoisotopic (exact) mass is 264 g/mol. The molecule has 18 heavy (non-hydrogen) atoms. The van der Waals surface area contributed by atoms with Gasteiger partial charge in [-0.3, -0.25) is 4.79 Å². The van der Waals surface area contributed by atoms with Gasteiger partial charge in [0.25, 0.3) is 5.91 Å². The Bertz CT molecular complexity index is 273. The maximum atomic E-state index is 14.1. The summed E-state index contributed by atoms with van der Waals surface area (Å²) < 4.78 is 27.5. The second-order valence-corrected chi connectivity index (χ2v) is 4.93. The van der Waals surface area contributed by atoms with E-state index in [2.05, 4.69) is 5.32 Å². The van der Waals surface area contributed by atoms with E-state index < -0.39 is 30.4 Å². The molecule has 1 aliphatic rings. The van der Waals surface area contributed by atoms with E-state index in [4.69, 9.17) is 5.73 Å². The summed E-state index contributed by atoms with van der Waals surface area (Å²) >= 11 is 0. The van der Waals surface area contributed by atoms with Crippen molar-refractivity contribution in [3.05, 3.63) is 0 Å². The van der Waals surface area contributed by atoms with Crippen molar-refractivity contribution in [2.24, 2.45) is 11.7 Å². The van der Waals surface area contributed by atoms with E-state index in [1.165, 1.54) is 7.05 Å². The lowest BCUT2D eigenvalue weighted by Crippen LogP contribution is -2.53. The van der Waals surface area contributed by atoms with Crippen LogP contribution in [0.1, 0.15) is 32.1 Å². The van der Waals surface area contributed by atoms with Crippen LogP contribution in [0.2, 0.25) is 0 Å². The molecule has 4 nitrogen and oxygen atoms in total. The molecule has 4 N–H and O–H groups in total. The van der Waals surface area contributed by atoms with Gasteiger partial charge in [-0.2, -0.15) is 0 Å². The largest absolute Gasteiger partial charge is 0.388 e. The normalized spacial score (nSPS) is 24.1. The summed E-state index contributed by atoms with van der Waals surface area (Å²) in [7, 11) is 1.25. The lowest BCUT2D eigenvalue weighted by Gasteiger charge is -2.31. The van der Waals surface area contributed by atoms with Crippen molar-refractivity contribution in [3.8, 4) is 0 Å². The molecule has 6 heteroatoms. The van der Waals surface area contributed by atoms with Crippen LogP contribution in [0.25, 0.3) is 0 Å². The molecule has 1 rings (SSSR count). The number of carbonyl (C=O) groups is 1. The molecule has 0 aliphatic heterocycles. The fraction of sp³-hybridized carbons (Fsp3) is 0.917. The summed E-state index contributed by atoms with van der Waals surface area (Å²) in [5.41, 5.74) is 5.54. The first kappa shape index (κ1) is 15.3. The highest BCUT2D eigenvalue weighted by atomic mass is 19.1. The smallest absolute Gasteiger partial charge is 0.257 e. The lowest BCUT2D eigenvalue weighted by atomic mass is 9.82. The van der Waals surface area contributed by atoms with Crippen LogP contribution in [0, 0.1) is 5.92 Å². The summed E-state index contributed by atoms with van der Waals surface area (Å²) in [6.07, 6.45) is -1.11. The van der Waals surface area contributed by atoms with E-state index >= 15 is 0 Å². The van der Waals surface area contributed by atoms with Crippen molar-refractivity contribution in [1.29, 1.82) is 0 Å². The van der Waals surface area contributed by atoms with E-state index in [0.717, 1.165) is 19.3 Å². The Labute approximate surface area is 106 Å². The van der Waals surface area contributed by atoms with Crippen LogP contribution in [0.3, 0.4) is 0 Å². The first-order valence-electron chi connectivity index (χ1n) is 6.42. The third-order valence-corrected chi connectivity index (χ3v) is 3.66. The molecule has 0 aromatic heterocycles. The van der Waals surface area contributed by atoms with E-state index in [-0.39, 0.29) is 5.92 Å². The highest BCUT2D eigenvalue weighted by Gasteiger charge is 2.38. The quantitative estimate of drug-likeness (QED) is 0.683. The molecule has 4 atom stereocenters. The van der Waals surface area contributed by atoms with Gasteiger partial charge in [0.1, 0.15) is 12.3 Å².